The van der Waals surface area contributed by atoms with Gasteiger partial charge in [0.25, 0.3) is 0 Å². The fourth-order valence-electron chi connectivity index (χ4n) is 3.48. The number of rotatable bonds is 7. The molecule has 2 aromatic carbocycles. The predicted molar refractivity (Wildman–Crippen MR) is 106 cm³/mol. The van der Waals surface area contributed by atoms with E-state index in [1.807, 2.05) is 24.3 Å². The molecule has 3 rings (SSSR count). The van der Waals surface area contributed by atoms with Gasteiger partial charge in [0.15, 0.2) is 0 Å². The molecule has 2 aromatic rings. The standard InChI is InChI=1S/C23H29NO2/c1-17-9-13-22(14-10-17)26-15-5-8-23(25)24-18(2)20-12-11-19-6-3-4-7-21(19)16-20/h9-14,16,18H,3-8,15H2,1-2H3,(H,24,25)/t18-/m1/s1. The Kier molecular flexibility index (Phi) is 6.32. The molecule has 1 atom stereocenters. The molecule has 0 bridgehead atoms. The summed E-state index contributed by atoms with van der Waals surface area (Å²) in [5, 5.41) is 3.11. The topological polar surface area (TPSA) is 38.3 Å². The van der Waals surface area contributed by atoms with Crippen LogP contribution in [0.15, 0.2) is 42.5 Å². The van der Waals surface area contributed by atoms with E-state index in [1.165, 1.54) is 47.9 Å². The number of hydrogen-bond acceptors (Lipinski definition) is 2. The van der Waals surface area contributed by atoms with E-state index in [9.17, 15) is 4.79 Å². The molecule has 0 unspecified atom stereocenters. The maximum absolute atomic E-state index is 12.2. The molecular weight excluding hydrogens is 322 g/mol. The van der Waals surface area contributed by atoms with E-state index in [0.29, 0.717) is 13.0 Å². The molecule has 3 heteroatoms. The minimum absolute atomic E-state index is 0.0488. The zero-order chi connectivity index (χ0) is 18.4. The van der Waals surface area contributed by atoms with E-state index >= 15 is 0 Å². The lowest BCUT2D eigenvalue weighted by Gasteiger charge is -2.20. The van der Waals surface area contributed by atoms with Crippen LogP contribution in [0.4, 0.5) is 0 Å². The first-order chi connectivity index (χ1) is 12.6. The second kappa shape index (κ2) is 8.88. The lowest BCUT2D eigenvalue weighted by Crippen LogP contribution is -2.27. The van der Waals surface area contributed by atoms with Crippen molar-refractivity contribution in [1.82, 2.24) is 5.32 Å². The minimum atomic E-state index is 0.0488. The normalized spacial score (nSPS) is 14.4. The number of carbonyl (C=O) groups is 1. The minimum Gasteiger partial charge on any atom is -0.494 e. The number of ether oxygens (including phenoxy) is 1. The molecule has 1 aliphatic rings. The van der Waals surface area contributed by atoms with Gasteiger partial charge in [-0.15, -0.1) is 0 Å². The zero-order valence-electron chi connectivity index (χ0n) is 15.9. The fourth-order valence-corrected chi connectivity index (χ4v) is 3.48. The molecule has 1 amide bonds. The van der Waals surface area contributed by atoms with Crippen LogP contribution in [0.5, 0.6) is 5.75 Å². The van der Waals surface area contributed by atoms with E-state index in [4.69, 9.17) is 4.74 Å². The van der Waals surface area contributed by atoms with Gasteiger partial charge in [-0.3, -0.25) is 4.79 Å². The Hall–Kier alpha value is -2.29. The summed E-state index contributed by atoms with van der Waals surface area (Å²) in [6.45, 7) is 4.67. The van der Waals surface area contributed by atoms with E-state index in [1.54, 1.807) is 0 Å². The van der Waals surface area contributed by atoms with Gasteiger partial charge in [0.1, 0.15) is 5.75 Å². The molecule has 0 saturated heterocycles. The highest BCUT2D eigenvalue weighted by atomic mass is 16.5. The number of fused-ring (bicyclic) bond motifs is 1. The summed E-state index contributed by atoms with van der Waals surface area (Å²) in [4.78, 5) is 12.2. The first-order valence-corrected chi connectivity index (χ1v) is 9.72. The molecule has 0 aliphatic heterocycles. The second-order valence-electron chi connectivity index (χ2n) is 7.29. The van der Waals surface area contributed by atoms with Crippen molar-refractivity contribution >= 4 is 5.91 Å². The summed E-state index contributed by atoms with van der Waals surface area (Å²) >= 11 is 0. The molecule has 0 spiro atoms. The van der Waals surface area contributed by atoms with Gasteiger partial charge in [0.05, 0.1) is 12.6 Å². The first-order valence-electron chi connectivity index (χ1n) is 9.72. The van der Waals surface area contributed by atoms with Gasteiger partial charge in [-0.1, -0.05) is 35.9 Å². The monoisotopic (exact) mass is 351 g/mol. The lowest BCUT2D eigenvalue weighted by molar-refractivity contribution is -0.121. The van der Waals surface area contributed by atoms with Crippen molar-refractivity contribution in [2.75, 3.05) is 6.61 Å². The number of hydrogen-bond donors (Lipinski definition) is 1. The highest BCUT2D eigenvalue weighted by Crippen LogP contribution is 2.24. The predicted octanol–water partition coefficient (Wildman–Crippen LogP) is 4.91. The third kappa shape index (κ3) is 5.10. The van der Waals surface area contributed by atoms with Gasteiger partial charge in [-0.25, -0.2) is 0 Å². The molecule has 1 N–H and O–H groups in total. The van der Waals surface area contributed by atoms with Crippen LogP contribution >= 0.6 is 0 Å². The van der Waals surface area contributed by atoms with Gasteiger partial charge >= 0.3 is 0 Å². The highest BCUT2D eigenvalue weighted by molar-refractivity contribution is 5.76. The van der Waals surface area contributed by atoms with E-state index in [-0.39, 0.29) is 11.9 Å². The van der Waals surface area contributed by atoms with Crippen molar-refractivity contribution < 1.29 is 9.53 Å². The molecule has 138 valence electrons. The van der Waals surface area contributed by atoms with Crippen molar-refractivity contribution in [3.8, 4) is 5.75 Å². The molecule has 0 aromatic heterocycles. The summed E-state index contributed by atoms with van der Waals surface area (Å²) in [6, 6.07) is 14.7. The Bertz CT molecular complexity index is 736. The average molecular weight is 351 g/mol. The molecule has 1 aliphatic carbocycles. The quantitative estimate of drug-likeness (QED) is 0.720. The number of benzene rings is 2. The Labute approximate surface area is 156 Å². The Morgan fingerprint density at radius 1 is 1.08 bits per heavy atom. The Morgan fingerprint density at radius 2 is 1.81 bits per heavy atom. The molecule has 0 saturated carbocycles. The molecule has 0 radical (unpaired) electrons. The van der Waals surface area contributed by atoms with Gasteiger partial charge in [0.2, 0.25) is 5.91 Å². The van der Waals surface area contributed by atoms with Crippen molar-refractivity contribution in [2.45, 2.75) is 58.4 Å². The van der Waals surface area contributed by atoms with Crippen LogP contribution in [0, 0.1) is 6.92 Å². The van der Waals surface area contributed by atoms with Crippen LogP contribution in [-0.4, -0.2) is 12.5 Å². The van der Waals surface area contributed by atoms with Crippen LogP contribution in [0.3, 0.4) is 0 Å². The van der Waals surface area contributed by atoms with Crippen molar-refractivity contribution in [1.29, 1.82) is 0 Å². The molecule has 26 heavy (non-hydrogen) atoms. The maximum Gasteiger partial charge on any atom is 0.220 e. The summed E-state index contributed by atoms with van der Waals surface area (Å²) in [7, 11) is 0. The maximum atomic E-state index is 12.2. The van der Waals surface area contributed by atoms with Crippen LogP contribution in [-0.2, 0) is 17.6 Å². The molecule has 3 nitrogen and oxygen atoms in total. The van der Waals surface area contributed by atoms with Gasteiger partial charge in [0, 0.05) is 6.42 Å². The average Bonchev–Trinajstić information content (AvgIpc) is 2.66. The van der Waals surface area contributed by atoms with Crippen LogP contribution < -0.4 is 10.1 Å². The van der Waals surface area contributed by atoms with E-state index < -0.39 is 0 Å². The SMILES string of the molecule is Cc1ccc(OCCCC(=O)N[C@H](C)c2ccc3c(c2)CCCC3)cc1. The molecule has 0 fully saturated rings. The molecule has 0 heterocycles. The van der Waals surface area contributed by atoms with E-state index in [2.05, 4.69) is 37.4 Å². The van der Waals surface area contributed by atoms with Crippen LogP contribution in [0.1, 0.15) is 60.9 Å². The zero-order valence-corrected chi connectivity index (χ0v) is 15.9. The third-order valence-electron chi connectivity index (χ3n) is 5.09. The first kappa shape index (κ1) is 18.5. The molecular formula is C23H29NO2. The lowest BCUT2D eigenvalue weighted by atomic mass is 9.89. The Morgan fingerprint density at radius 3 is 2.58 bits per heavy atom. The number of amides is 1. The van der Waals surface area contributed by atoms with Crippen molar-refractivity contribution in [3.63, 3.8) is 0 Å². The summed E-state index contributed by atoms with van der Waals surface area (Å²) < 4.78 is 5.68. The van der Waals surface area contributed by atoms with Crippen molar-refractivity contribution in [3.05, 3.63) is 64.7 Å². The Balaban J connectivity index is 1.42. The summed E-state index contributed by atoms with van der Waals surface area (Å²) in [5.41, 5.74) is 5.36. The second-order valence-corrected chi connectivity index (χ2v) is 7.29. The van der Waals surface area contributed by atoms with Gasteiger partial charge in [-0.05, 0) is 74.8 Å². The van der Waals surface area contributed by atoms with Crippen molar-refractivity contribution in [2.24, 2.45) is 0 Å². The number of nitrogens with one attached hydrogen (secondary N) is 1. The summed E-state index contributed by atoms with van der Waals surface area (Å²) in [5.74, 6) is 0.946. The fraction of sp³-hybridized carbons (Fsp3) is 0.435. The number of aryl methyl sites for hydroxylation is 3. The van der Waals surface area contributed by atoms with Crippen LogP contribution in [0.25, 0.3) is 0 Å². The highest BCUT2D eigenvalue weighted by Gasteiger charge is 2.14. The van der Waals surface area contributed by atoms with Crippen LogP contribution in [0.2, 0.25) is 0 Å². The largest absolute Gasteiger partial charge is 0.494 e. The summed E-state index contributed by atoms with van der Waals surface area (Å²) in [6.07, 6.45) is 6.14. The smallest absolute Gasteiger partial charge is 0.220 e. The van der Waals surface area contributed by atoms with Gasteiger partial charge < -0.3 is 10.1 Å². The van der Waals surface area contributed by atoms with Gasteiger partial charge in [-0.2, -0.15) is 0 Å². The van der Waals surface area contributed by atoms with E-state index in [0.717, 1.165) is 12.2 Å². The number of carbonyl (C=O) groups excluding carboxylic acids is 1. The third-order valence-corrected chi connectivity index (χ3v) is 5.09.